The van der Waals surface area contributed by atoms with Crippen LogP contribution in [-0.4, -0.2) is 31.9 Å². The third-order valence-electron chi connectivity index (χ3n) is 7.34. The van der Waals surface area contributed by atoms with Crippen LogP contribution in [0.25, 0.3) is 0 Å². The number of nitrogens with two attached hydrogens (primary N) is 1. The second-order valence-electron chi connectivity index (χ2n) is 9.39. The van der Waals surface area contributed by atoms with Gasteiger partial charge in [-0.2, -0.15) is 0 Å². The molecule has 3 aromatic carbocycles. The van der Waals surface area contributed by atoms with Crippen molar-refractivity contribution in [3.63, 3.8) is 0 Å². The van der Waals surface area contributed by atoms with Gasteiger partial charge in [-0.15, -0.1) is 0 Å². The average molecular weight is 527 g/mol. The quantitative estimate of drug-likeness (QED) is 0.384. The summed E-state index contributed by atoms with van der Waals surface area (Å²) in [5.74, 6) is -4.96. The van der Waals surface area contributed by atoms with Crippen molar-refractivity contribution in [2.24, 2.45) is 11.7 Å². The van der Waals surface area contributed by atoms with Crippen molar-refractivity contribution in [3.8, 4) is 0 Å². The van der Waals surface area contributed by atoms with Gasteiger partial charge in [0.2, 0.25) is 0 Å². The Morgan fingerprint density at radius 2 is 1.49 bits per heavy atom. The second kappa shape index (κ2) is 10.6. The van der Waals surface area contributed by atoms with E-state index in [2.05, 4.69) is 0 Å². The van der Waals surface area contributed by atoms with Crippen LogP contribution < -0.4 is 10.6 Å². The summed E-state index contributed by atoms with van der Waals surface area (Å²) >= 11 is 0. The monoisotopic (exact) mass is 526 g/mol. The highest BCUT2D eigenvalue weighted by Gasteiger charge is 2.51. The predicted molar refractivity (Wildman–Crippen MR) is 143 cm³/mol. The number of ether oxygens (including phenoxy) is 2. The van der Waals surface area contributed by atoms with Gasteiger partial charge in [0.15, 0.2) is 5.78 Å². The molecule has 0 radical (unpaired) electrons. The number of carbonyl (C=O) groups excluding carboxylic acids is 3. The van der Waals surface area contributed by atoms with Crippen molar-refractivity contribution < 1.29 is 28.2 Å². The van der Waals surface area contributed by atoms with E-state index in [4.69, 9.17) is 15.2 Å². The minimum absolute atomic E-state index is 0.0295. The Hall–Kier alpha value is -4.72. The van der Waals surface area contributed by atoms with E-state index >= 15 is 0 Å². The number of esters is 2. The van der Waals surface area contributed by atoms with Crippen LogP contribution in [0.1, 0.15) is 29.4 Å². The van der Waals surface area contributed by atoms with E-state index in [1.807, 2.05) is 60.7 Å². The molecule has 0 spiro atoms. The molecule has 198 valence electrons. The van der Waals surface area contributed by atoms with E-state index in [0.717, 1.165) is 5.56 Å². The van der Waals surface area contributed by atoms with Gasteiger partial charge >= 0.3 is 11.9 Å². The fourth-order valence-corrected chi connectivity index (χ4v) is 5.61. The Morgan fingerprint density at radius 3 is 2.08 bits per heavy atom. The van der Waals surface area contributed by atoms with Crippen LogP contribution in [0.2, 0.25) is 0 Å². The molecule has 1 aliphatic heterocycles. The predicted octanol–water partition coefficient (Wildman–Crippen LogP) is 4.57. The number of hydrogen-bond acceptors (Lipinski definition) is 7. The van der Waals surface area contributed by atoms with Gasteiger partial charge in [-0.25, -0.2) is 9.18 Å². The number of hydrogen-bond donors (Lipinski definition) is 1. The lowest BCUT2D eigenvalue weighted by molar-refractivity contribution is -0.150. The van der Waals surface area contributed by atoms with Gasteiger partial charge in [0.25, 0.3) is 0 Å². The smallest absolute Gasteiger partial charge is 0.338 e. The third kappa shape index (κ3) is 4.48. The maximum atomic E-state index is 14.5. The van der Waals surface area contributed by atoms with E-state index in [0.29, 0.717) is 16.9 Å². The van der Waals surface area contributed by atoms with Crippen LogP contribution in [0.15, 0.2) is 108 Å². The number of anilines is 1. The molecule has 2 aliphatic rings. The number of methoxy groups -OCH3 is 2. The number of rotatable bonds is 5. The molecule has 0 saturated heterocycles. The van der Waals surface area contributed by atoms with E-state index in [-0.39, 0.29) is 23.4 Å². The minimum atomic E-state index is -1.16. The number of ketones is 1. The van der Waals surface area contributed by atoms with Gasteiger partial charge in [-0.05, 0) is 41.8 Å². The van der Waals surface area contributed by atoms with Crippen molar-refractivity contribution in [1.82, 2.24) is 0 Å². The van der Waals surface area contributed by atoms with E-state index < -0.39 is 41.3 Å². The number of halogens is 1. The number of benzene rings is 3. The van der Waals surface area contributed by atoms with Crippen LogP contribution in [0.4, 0.5) is 10.1 Å². The fraction of sp³-hybridized carbons (Fsp3) is 0.194. The van der Waals surface area contributed by atoms with Crippen molar-refractivity contribution >= 4 is 23.4 Å². The average Bonchev–Trinajstić information content (AvgIpc) is 2.97. The molecule has 1 heterocycles. The molecule has 7 nitrogen and oxygen atoms in total. The van der Waals surface area contributed by atoms with Gasteiger partial charge in [-0.3, -0.25) is 14.5 Å². The number of nitrogens with zero attached hydrogens (tertiary/aromatic N) is 1. The van der Waals surface area contributed by atoms with E-state index in [1.54, 1.807) is 4.90 Å². The van der Waals surface area contributed by atoms with Gasteiger partial charge in [0.1, 0.15) is 17.6 Å². The molecule has 0 bridgehead atoms. The van der Waals surface area contributed by atoms with Crippen molar-refractivity contribution in [1.29, 1.82) is 0 Å². The van der Waals surface area contributed by atoms with Crippen LogP contribution in [0, 0.1) is 11.7 Å². The summed E-state index contributed by atoms with van der Waals surface area (Å²) in [6.07, 6.45) is 0.257. The number of allylic oxidation sites excluding steroid dienone is 2. The molecule has 2 N–H and O–H groups in total. The van der Waals surface area contributed by atoms with E-state index in [1.165, 1.54) is 38.5 Å². The molecule has 0 fully saturated rings. The number of para-hydroxylation sites is 1. The van der Waals surface area contributed by atoms with Crippen LogP contribution in [-0.2, 0) is 23.9 Å². The van der Waals surface area contributed by atoms with Crippen molar-refractivity contribution in [2.75, 3.05) is 19.1 Å². The maximum absolute atomic E-state index is 14.5. The first kappa shape index (κ1) is 25.9. The Balaban J connectivity index is 1.82. The molecular weight excluding hydrogens is 499 g/mol. The van der Waals surface area contributed by atoms with Gasteiger partial charge in [0, 0.05) is 22.9 Å². The first-order chi connectivity index (χ1) is 18.9. The van der Waals surface area contributed by atoms with Crippen molar-refractivity contribution in [3.05, 3.63) is 125 Å². The summed E-state index contributed by atoms with van der Waals surface area (Å²) in [5, 5.41) is 0. The SMILES string of the molecule is COC(=O)C1=C(N)N(c2ccccc2)C2=C(C(=O)[C@H](C(=O)OC)[C@H](c3ccccc3)C2)[C@H]1c1ccc(F)cc1. The van der Waals surface area contributed by atoms with Gasteiger partial charge < -0.3 is 15.2 Å². The first-order valence-corrected chi connectivity index (χ1v) is 12.5. The van der Waals surface area contributed by atoms with Gasteiger partial charge in [0.05, 0.1) is 25.7 Å². The zero-order valence-corrected chi connectivity index (χ0v) is 21.5. The van der Waals surface area contributed by atoms with Crippen LogP contribution in [0.3, 0.4) is 0 Å². The summed E-state index contributed by atoms with van der Waals surface area (Å²) in [4.78, 5) is 42.6. The number of Topliss-reactive ketones (excluding diaryl/α,β-unsaturated/α-hetero) is 1. The molecule has 0 saturated carbocycles. The Morgan fingerprint density at radius 1 is 0.872 bits per heavy atom. The third-order valence-corrected chi connectivity index (χ3v) is 7.34. The lowest BCUT2D eigenvalue weighted by Crippen LogP contribution is -2.46. The highest BCUT2D eigenvalue weighted by molar-refractivity contribution is 6.14. The fourth-order valence-electron chi connectivity index (χ4n) is 5.61. The summed E-state index contributed by atoms with van der Waals surface area (Å²) in [6, 6.07) is 23.9. The summed E-state index contributed by atoms with van der Waals surface area (Å²) in [5.41, 5.74) is 9.45. The topological polar surface area (TPSA) is 98.9 Å². The van der Waals surface area contributed by atoms with Crippen molar-refractivity contribution in [2.45, 2.75) is 18.3 Å². The lowest BCUT2D eigenvalue weighted by atomic mass is 9.67. The highest BCUT2D eigenvalue weighted by atomic mass is 19.1. The normalized spacial score (nSPS) is 20.9. The molecule has 0 aromatic heterocycles. The van der Waals surface area contributed by atoms with E-state index in [9.17, 15) is 18.8 Å². The molecule has 3 aromatic rings. The first-order valence-electron chi connectivity index (χ1n) is 12.5. The molecular formula is C31H27FN2O5. The Labute approximate surface area is 225 Å². The van der Waals surface area contributed by atoms with Crippen LogP contribution in [0.5, 0.6) is 0 Å². The molecule has 3 atom stereocenters. The Kier molecular flexibility index (Phi) is 7.02. The molecule has 1 aliphatic carbocycles. The summed E-state index contributed by atoms with van der Waals surface area (Å²) in [7, 11) is 2.47. The van der Waals surface area contributed by atoms with Gasteiger partial charge in [-0.1, -0.05) is 60.7 Å². The highest BCUT2D eigenvalue weighted by Crippen LogP contribution is 2.51. The molecule has 8 heteroatoms. The standard InChI is InChI=1S/C31H27FN2O5/c1-38-30(36)25-22(18-9-5-3-6-10-18)17-23-26(28(25)35)24(19-13-15-20(32)16-14-19)27(31(37)39-2)29(33)34(23)21-11-7-4-8-12-21/h3-16,22,24-25H,17,33H2,1-2H3/t22-,24+,25+/m0/s1. The summed E-state index contributed by atoms with van der Waals surface area (Å²) in [6.45, 7) is 0. The Bertz CT molecular complexity index is 1480. The molecule has 39 heavy (non-hydrogen) atoms. The molecule has 5 rings (SSSR count). The molecule has 0 unspecified atom stereocenters. The lowest BCUT2D eigenvalue weighted by Gasteiger charge is -2.44. The largest absolute Gasteiger partial charge is 0.468 e. The zero-order chi connectivity index (χ0) is 27.7. The minimum Gasteiger partial charge on any atom is -0.468 e. The zero-order valence-electron chi connectivity index (χ0n) is 21.5. The summed E-state index contributed by atoms with van der Waals surface area (Å²) < 4.78 is 24.1. The second-order valence-corrected chi connectivity index (χ2v) is 9.39. The molecule has 0 amide bonds. The maximum Gasteiger partial charge on any atom is 0.338 e. The number of carbonyl (C=O) groups is 3. The van der Waals surface area contributed by atoms with Crippen LogP contribution >= 0.6 is 0 Å².